The molecule has 0 spiro atoms. The van der Waals surface area contributed by atoms with Crippen molar-refractivity contribution in [1.82, 2.24) is 51.0 Å². The third-order valence-electron chi connectivity index (χ3n) is 9.42. The summed E-state index contributed by atoms with van der Waals surface area (Å²) < 4.78 is 26.5. The van der Waals surface area contributed by atoms with Crippen LogP contribution in [0.5, 0.6) is 0 Å². The molecule has 0 aliphatic heterocycles. The fraction of sp³-hybridized carbons (Fsp3) is 0.182. The third-order valence-corrected chi connectivity index (χ3v) is 9.74. The van der Waals surface area contributed by atoms with Gasteiger partial charge in [0.15, 0.2) is 0 Å². The molecule has 0 saturated carbocycles. The van der Waals surface area contributed by atoms with E-state index in [0.29, 0.717) is 64.5 Å². The number of carbonyl (C=O) groups excluding carboxylic acids is 2. The number of pyridine rings is 2. The van der Waals surface area contributed by atoms with Crippen molar-refractivity contribution < 1.29 is 18.4 Å². The molecule has 60 heavy (non-hydrogen) atoms. The molecule has 13 nitrogen and oxygen atoms in total. The Balaban J connectivity index is 0.000000182. The van der Waals surface area contributed by atoms with E-state index in [-0.39, 0.29) is 23.4 Å². The number of aryl methyl sites for hydroxylation is 2. The highest BCUT2D eigenvalue weighted by molar-refractivity contribution is 6.35. The number of fused-ring (bicyclic) bond motifs is 2. The number of rotatable bonds is 14. The van der Waals surface area contributed by atoms with Crippen LogP contribution in [0.3, 0.4) is 0 Å². The summed E-state index contributed by atoms with van der Waals surface area (Å²) in [6.07, 6.45) is 5.85. The number of anilines is 1. The van der Waals surface area contributed by atoms with Crippen LogP contribution in [0.15, 0.2) is 110 Å². The maximum Gasteiger partial charge on any atom is 0.251 e. The molecule has 0 unspecified atom stereocenters. The van der Waals surface area contributed by atoms with Gasteiger partial charge in [0.2, 0.25) is 0 Å². The minimum atomic E-state index is -0.317. The fourth-order valence-electron chi connectivity index (χ4n) is 6.39. The predicted octanol–water partition coefficient (Wildman–Crippen LogP) is 8.13. The summed E-state index contributed by atoms with van der Waals surface area (Å²) >= 11 is 6.40. The van der Waals surface area contributed by atoms with Gasteiger partial charge in [-0.25, -0.2) is 28.7 Å². The smallest absolute Gasteiger partial charge is 0.251 e. The van der Waals surface area contributed by atoms with Gasteiger partial charge in [0.05, 0.1) is 27.4 Å². The molecule has 8 aromatic rings. The Kier molecular flexibility index (Phi) is 13.4. The summed E-state index contributed by atoms with van der Waals surface area (Å²) in [5.74, 6) is 0.639. The van der Waals surface area contributed by atoms with Gasteiger partial charge in [-0.15, -0.1) is 0 Å². The lowest BCUT2D eigenvalue weighted by atomic mass is 10.1. The highest BCUT2D eigenvalue weighted by Crippen LogP contribution is 2.30. The number of hydrogen-bond acceptors (Lipinski definition) is 9. The Bertz CT molecular complexity index is 2700. The summed E-state index contributed by atoms with van der Waals surface area (Å²) in [4.78, 5) is 42.6. The number of carbonyl (C=O) groups is 2. The van der Waals surface area contributed by atoms with Crippen molar-refractivity contribution in [1.29, 1.82) is 0 Å². The largest absolute Gasteiger partial charge is 0.385 e. The topological polar surface area (TPSA) is 179 Å². The van der Waals surface area contributed by atoms with Crippen LogP contribution in [0.4, 0.5) is 14.5 Å². The van der Waals surface area contributed by atoms with Crippen molar-refractivity contribution in [3.63, 3.8) is 0 Å². The van der Waals surface area contributed by atoms with Gasteiger partial charge < -0.3 is 16.0 Å². The van der Waals surface area contributed by atoms with Crippen molar-refractivity contribution >= 4 is 50.9 Å². The van der Waals surface area contributed by atoms with E-state index in [9.17, 15) is 18.4 Å². The third kappa shape index (κ3) is 10.5. The van der Waals surface area contributed by atoms with Crippen LogP contribution in [0, 0.1) is 11.6 Å². The van der Waals surface area contributed by atoms with E-state index in [1.165, 1.54) is 36.9 Å². The molecule has 0 saturated heterocycles. The standard InChI is InChI=1S/C23H23FN6O.C21H17ClFN5O/c1-2-25-20-13-19(15-5-8-17(24)9-6-15)29-21-12-16(7-10-18(20)21)23(31)26-11-3-4-22-27-14-28-30-22;22-17-11-18(13-3-6-15(23)7-4-13)27-19-10-14(5-8-16(17)19)21(29)24-9-1-2-20-25-12-26-28-20/h5-10,12-14H,2-4,11H2,1H3,(H,25,29)(H,26,31)(H,27,28,30);3-8,10-12H,1-2,9H2,(H,24,29)(H,25,26,28). The van der Waals surface area contributed by atoms with Crippen molar-refractivity contribution in [3.05, 3.63) is 149 Å². The molecule has 0 aliphatic rings. The molecule has 304 valence electrons. The van der Waals surface area contributed by atoms with Gasteiger partial charge in [-0.3, -0.25) is 19.8 Å². The first-order chi connectivity index (χ1) is 29.2. The highest BCUT2D eigenvalue weighted by Gasteiger charge is 2.13. The zero-order valence-electron chi connectivity index (χ0n) is 32.5. The Hall–Kier alpha value is -7.13. The Labute approximate surface area is 348 Å². The normalized spacial score (nSPS) is 10.9. The predicted molar refractivity (Wildman–Crippen MR) is 228 cm³/mol. The van der Waals surface area contributed by atoms with E-state index in [1.54, 1.807) is 60.7 Å². The van der Waals surface area contributed by atoms with Gasteiger partial charge >= 0.3 is 0 Å². The van der Waals surface area contributed by atoms with Crippen LogP contribution < -0.4 is 16.0 Å². The highest BCUT2D eigenvalue weighted by atomic mass is 35.5. The molecule has 0 radical (unpaired) electrons. The van der Waals surface area contributed by atoms with Gasteiger partial charge in [-0.1, -0.05) is 17.7 Å². The first-order valence-electron chi connectivity index (χ1n) is 19.3. The second kappa shape index (κ2) is 19.5. The maximum atomic E-state index is 13.3. The fourth-order valence-corrected chi connectivity index (χ4v) is 6.66. The van der Waals surface area contributed by atoms with Gasteiger partial charge in [0.1, 0.15) is 35.9 Å². The lowest BCUT2D eigenvalue weighted by molar-refractivity contribution is 0.0945. The number of nitrogens with one attached hydrogen (secondary N) is 5. The van der Waals surface area contributed by atoms with E-state index >= 15 is 0 Å². The van der Waals surface area contributed by atoms with Crippen LogP contribution in [-0.2, 0) is 12.8 Å². The molecule has 4 aromatic heterocycles. The summed E-state index contributed by atoms with van der Waals surface area (Å²) in [7, 11) is 0. The van der Waals surface area contributed by atoms with Crippen molar-refractivity contribution in [2.24, 2.45) is 0 Å². The zero-order chi connectivity index (χ0) is 41.8. The molecule has 0 bridgehead atoms. The second-order valence-corrected chi connectivity index (χ2v) is 14.0. The van der Waals surface area contributed by atoms with Crippen LogP contribution in [0.2, 0.25) is 5.02 Å². The van der Waals surface area contributed by atoms with E-state index in [0.717, 1.165) is 58.6 Å². The number of halogens is 3. The van der Waals surface area contributed by atoms with E-state index in [4.69, 9.17) is 16.6 Å². The molecular formula is C44H40ClF2N11O2. The summed E-state index contributed by atoms with van der Waals surface area (Å²) in [5.41, 5.74) is 6.15. The number of benzene rings is 4. The monoisotopic (exact) mass is 827 g/mol. The molecule has 4 heterocycles. The Morgan fingerprint density at radius 2 is 1.12 bits per heavy atom. The lowest BCUT2D eigenvalue weighted by Gasteiger charge is -2.12. The average molecular weight is 828 g/mol. The summed E-state index contributed by atoms with van der Waals surface area (Å²) in [6, 6.07) is 26.6. The van der Waals surface area contributed by atoms with E-state index in [2.05, 4.69) is 51.3 Å². The molecule has 2 amide bonds. The minimum absolute atomic E-state index is 0.154. The quantitative estimate of drug-likeness (QED) is 0.0677. The van der Waals surface area contributed by atoms with Crippen molar-refractivity contribution in [2.45, 2.75) is 32.6 Å². The molecule has 0 fully saturated rings. The minimum Gasteiger partial charge on any atom is -0.385 e. The number of amides is 2. The van der Waals surface area contributed by atoms with Gasteiger partial charge in [-0.05, 0) is 111 Å². The average Bonchev–Trinajstić information content (AvgIpc) is 4.00. The number of hydrogen-bond donors (Lipinski definition) is 5. The second-order valence-electron chi connectivity index (χ2n) is 13.6. The Morgan fingerprint density at radius 3 is 1.60 bits per heavy atom. The summed E-state index contributed by atoms with van der Waals surface area (Å²) in [6.45, 7) is 3.81. The molecule has 0 atom stereocenters. The van der Waals surface area contributed by atoms with Crippen molar-refractivity contribution in [2.75, 3.05) is 25.0 Å². The molecule has 8 rings (SSSR count). The van der Waals surface area contributed by atoms with Crippen LogP contribution in [0.1, 0.15) is 52.1 Å². The van der Waals surface area contributed by atoms with Gasteiger partial charge in [0, 0.05) is 71.2 Å². The number of aromatic nitrogens is 8. The zero-order valence-corrected chi connectivity index (χ0v) is 33.2. The number of nitrogens with zero attached hydrogens (tertiary/aromatic N) is 6. The molecule has 0 aliphatic carbocycles. The van der Waals surface area contributed by atoms with Crippen molar-refractivity contribution in [3.8, 4) is 22.5 Å². The van der Waals surface area contributed by atoms with E-state index < -0.39 is 0 Å². The molecular weight excluding hydrogens is 788 g/mol. The number of H-pyrrole nitrogens is 2. The molecule has 16 heteroatoms. The first-order valence-corrected chi connectivity index (χ1v) is 19.7. The van der Waals surface area contributed by atoms with Crippen LogP contribution in [-0.4, -0.2) is 71.8 Å². The number of aromatic amines is 2. The van der Waals surface area contributed by atoms with Gasteiger partial charge in [-0.2, -0.15) is 10.2 Å². The first kappa shape index (κ1) is 41.0. The molecule has 5 N–H and O–H groups in total. The summed E-state index contributed by atoms with van der Waals surface area (Å²) in [5, 5.41) is 24.6. The SMILES string of the molecule is CCNc1cc(-c2ccc(F)cc2)nc2cc(C(=O)NCCCc3ncn[nH]3)ccc12.O=C(NCCCc1ncn[nH]1)c1ccc2c(Cl)cc(-c3ccc(F)cc3)nc2c1. The lowest BCUT2D eigenvalue weighted by Crippen LogP contribution is -2.24. The van der Waals surface area contributed by atoms with E-state index in [1.807, 2.05) is 19.1 Å². The molecule has 4 aromatic carbocycles. The maximum absolute atomic E-state index is 13.3. The van der Waals surface area contributed by atoms with Crippen LogP contribution >= 0.6 is 11.6 Å². The van der Waals surface area contributed by atoms with Gasteiger partial charge in [0.25, 0.3) is 11.8 Å². The Morgan fingerprint density at radius 1 is 0.633 bits per heavy atom. The van der Waals surface area contributed by atoms with Crippen LogP contribution in [0.25, 0.3) is 44.3 Å².